The molecule has 0 aliphatic carbocycles. The molecule has 2 atom stereocenters. The number of hydrogen-bond donors (Lipinski definition) is 1. The molecule has 0 aromatic carbocycles. The van der Waals surface area contributed by atoms with Crippen LogP contribution in [0.25, 0.3) is 0 Å². The van der Waals surface area contributed by atoms with Gasteiger partial charge >= 0.3 is 0 Å². The summed E-state index contributed by atoms with van der Waals surface area (Å²) in [6.07, 6.45) is 2.56. The van der Waals surface area contributed by atoms with Gasteiger partial charge in [0.05, 0.1) is 0 Å². The SMILES string of the molecule is CCC(CC)N(C)CC1CNCC1C. The molecule has 2 heteroatoms. The van der Waals surface area contributed by atoms with Crippen LogP contribution in [0.2, 0.25) is 0 Å². The molecule has 0 aromatic rings. The average Bonchev–Trinajstić information content (AvgIpc) is 2.54. The third-order valence-electron chi connectivity index (χ3n) is 3.77. The summed E-state index contributed by atoms with van der Waals surface area (Å²) in [5, 5.41) is 3.48. The van der Waals surface area contributed by atoms with Crippen molar-refractivity contribution in [3.05, 3.63) is 0 Å². The molecule has 0 saturated carbocycles. The second-order valence-electron chi connectivity index (χ2n) is 4.81. The third-order valence-corrected chi connectivity index (χ3v) is 3.77. The van der Waals surface area contributed by atoms with Crippen LogP contribution in [0, 0.1) is 11.8 Å². The lowest BCUT2D eigenvalue weighted by molar-refractivity contribution is 0.187. The summed E-state index contributed by atoms with van der Waals surface area (Å²) in [6.45, 7) is 10.6. The van der Waals surface area contributed by atoms with Gasteiger partial charge in [-0.15, -0.1) is 0 Å². The highest BCUT2D eigenvalue weighted by Gasteiger charge is 2.25. The molecular weight excluding hydrogens is 172 g/mol. The van der Waals surface area contributed by atoms with Crippen molar-refractivity contribution in [1.29, 1.82) is 0 Å². The Bertz CT molecular complexity index is 154. The van der Waals surface area contributed by atoms with Crippen molar-refractivity contribution in [3.63, 3.8) is 0 Å². The predicted octanol–water partition coefficient (Wildman–Crippen LogP) is 1.96. The van der Waals surface area contributed by atoms with Crippen LogP contribution >= 0.6 is 0 Å². The molecule has 1 heterocycles. The van der Waals surface area contributed by atoms with Crippen LogP contribution < -0.4 is 5.32 Å². The van der Waals surface area contributed by atoms with Gasteiger partial charge in [-0.05, 0) is 44.8 Å². The van der Waals surface area contributed by atoms with E-state index in [9.17, 15) is 0 Å². The summed E-state index contributed by atoms with van der Waals surface area (Å²) < 4.78 is 0. The quantitative estimate of drug-likeness (QED) is 0.726. The molecule has 0 spiro atoms. The Balaban J connectivity index is 2.34. The van der Waals surface area contributed by atoms with Crippen LogP contribution in [0.15, 0.2) is 0 Å². The molecule has 1 saturated heterocycles. The second kappa shape index (κ2) is 5.72. The van der Waals surface area contributed by atoms with Crippen molar-refractivity contribution in [1.82, 2.24) is 10.2 Å². The molecule has 2 unspecified atom stereocenters. The zero-order chi connectivity index (χ0) is 10.6. The van der Waals surface area contributed by atoms with Gasteiger partial charge in [0.2, 0.25) is 0 Å². The maximum Gasteiger partial charge on any atom is 0.00870 e. The van der Waals surface area contributed by atoms with Gasteiger partial charge in [-0.2, -0.15) is 0 Å². The van der Waals surface area contributed by atoms with Gasteiger partial charge in [-0.1, -0.05) is 20.8 Å². The minimum absolute atomic E-state index is 0.780. The highest BCUT2D eigenvalue weighted by atomic mass is 15.1. The van der Waals surface area contributed by atoms with Crippen LogP contribution in [0.3, 0.4) is 0 Å². The van der Waals surface area contributed by atoms with E-state index in [2.05, 4.69) is 38.0 Å². The van der Waals surface area contributed by atoms with E-state index in [0.29, 0.717) is 0 Å². The van der Waals surface area contributed by atoms with Crippen LogP contribution in [0.1, 0.15) is 33.6 Å². The molecule has 1 aliphatic heterocycles. The standard InChI is InChI=1S/C12H26N2/c1-5-12(6-2)14(4)9-11-8-13-7-10(11)3/h10-13H,5-9H2,1-4H3. The van der Waals surface area contributed by atoms with Gasteiger partial charge < -0.3 is 10.2 Å². The fraction of sp³-hybridized carbons (Fsp3) is 1.00. The zero-order valence-electron chi connectivity index (χ0n) is 10.2. The highest BCUT2D eigenvalue weighted by Crippen LogP contribution is 2.18. The molecule has 14 heavy (non-hydrogen) atoms. The van der Waals surface area contributed by atoms with E-state index in [1.165, 1.54) is 32.5 Å². The molecule has 0 bridgehead atoms. The summed E-state index contributed by atoms with van der Waals surface area (Å²) >= 11 is 0. The van der Waals surface area contributed by atoms with E-state index in [0.717, 1.165) is 17.9 Å². The molecule has 2 nitrogen and oxygen atoms in total. The van der Waals surface area contributed by atoms with Gasteiger partial charge in [-0.3, -0.25) is 0 Å². The summed E-state index contributed by atoms with van der Waals surface area (Å²) in [4.78, 5) is 2.55. The van der Waals surface area contributed by atoms with Crippen molar-refractivity contribution >= 4 is 0 Å². The summed E-state index contributed by atoms with van der Waals surface area (Å²) in [5.74, 6) is 1.72. The molecule has 1 aliphatic rings. The maximum absolute atomic E-state index is 3.48. The molecule has 0 radical (unpaired) electrons. The molecule has 1 N–H and O–H groups in total. The van der Waals surface area contributed by atoms with Crippen molar-refractivity contribution in [2.75, 3.05) is 26.7 Å². The van der Waals surface area contributed by atoms with E-state index in [1.807, 2.05) is 0 Å². The van der Waals surface area contributed by atoms with E-state index < -0.39 is 0 Å². The molecule has 84 valence electrons. The van der Waals surface area contributed by atoms with Gasteiger partial charge in [0.1, 0.15) is 0 Å². The lowest BCUT2D eigenvalue weighted by Gasteiger charge is -2.29. The Hall–Kier alpha value is -0.0800. The fourth-order valence-electron chi connectivity index (χ4n) is 2.54. The first-order valence-corrected chi connectivity index (χ1v) is 6.09. The van der Waals surface area contributed by atoms with Gasteiger partial charge in [-0.25, -0.2) is 0 Å². The molecular formula is C12H26N2. The minimum Gasteiger partial charge on any atom is -0.316 e. The summed E-state index contributed by atoms with van der Waals surface area (Å²) in [7, 11) is 2.28. The van der Waals surface area contributed by atoms with Crippen molar-refractivity contribution in [2.45, 2.75) is 39.7 Å². The van der Waals surface area contributed by atoms with Crippen LogP contribution in [-0.4, -0.2) is 37.6 Å². The zero-order valence-corrected chi connectivity index (χ0v) is 10.2. The number of rotatable bonds is 5. The molecule has 0 amide bonds. The number of nitrogens with zero attached hydrogens (tertiary/aromatic N) is 1. The van der Waals surface area contributed by atoms with E-state index >= 15 is 0 Å². The van der Waals surface area contributed by atoms with Crippen LogP contribution in [-0.2, 0) is 0 Å². The Kier molecular flexibility index (Phi) is 4.90. The first-order valence-electron chi connectivity index (χ1n) is 6.09. The lowest BCUT2D eigenvalue weighted by atomic mass is 9.96. The Labute approximate surface area is 89.1 Å². The number of nitrogens with one attached hydrogen (secondary N) is 1. The first-order chi connectivity index (χ1) is 6.69. The second-order valence-corrected chi connectivity index (χ2v) is 4.81. The van der Waals surface area contributed by atoms with Crippen LogP contribution in [0.5, 0.6) is 0 Å². The summed E-state index contributed by atoms with van der Waals surface area (Å²) in [6, 6.07) is 0.780. The summed E-state index contributed by atoms with van der Waals surface area (Å²) in [5.41, 5.74) is 0. The third kappa shape index (κ3) is 2.96. The van der Waals surface area contributed by atoms with Crippen molar-refractivity contribution < 1.29 is 0 Å². The Morgan fingerprint density at radius 2 is 1.93 bits per heavy atom. The average molecular weight is 198 g/mol. The first kappa shape index (κ1) is 12.0. The van der Waals surface area contributed by atoms with E-state index in [-0.39, 0.29) is 0 Å². The van der Waals surface area contributed by atoms with Gasteiger partial charge in [0.15, 0.2) is 0 Å². The predicted molar refractivity (Wildman–Crippen MR) is 62.5 cm³/mol. The van der Waals surface area contributed by atoms with Gasteiger partial charge in [0.25, 0.3) is 0 Å². The van der Waals surface area contributed by atoms with E-state index in [1.54, 1.807) is 0 Å². The smallest absolute Gasteiger partial charge is 0.00870 e. The molecule has 0 aromatic heterocycles. The molecule has 1 fully saturated rings. The van der Waals surface area contributed by atoms with Gasteiger partial charge in [0, 0.05) is 12.6 Å². The van der Waals surface area contributed by atoms with Crippen LogP contribution in [0.4, 0.5) is 0 Å². The molecule has 1 rings (SSSR count). The van der Waals surface area contributed by atoms with Crippen molar-refractivity contribution in [3.8, 4) is 0 Å². The normalized spacial score (nSPS) is 27.9. The van der Waals surface area contributed by atoms with E-state index in [4.69, 9.17) is 0 Å². The maximum atomic E-state index is 3.48. The highest BCUT2D eigenvalue weighted by molar-refractivity contribution is 4.81. The number of hydrogen-bond acceptors (Lipinski definition) is 2. The Morgan fingerprint density at radius 1 is 1.29 bits per heavy atom. The lowest BCUT2D eigenvalue weighted by Crippen LogP contribution is -2.36. The Morgan fingerprint density at radius 3 is 2.36 bits per heavy atom. The minimum atomic E-state index is 0.780. The topological polar surface area (TPSA) is 15.3 Å². The largest absolute Gasteiger partial charge is 0.316 e. The van der Waals surface area contributed by atoms with Crippen molar-refractivity contribution in [2.24, 2.45) is 11.8 Å². The monoisotopic (exact) mass is 198 g/mol. The fourth-order valence-corrected chi connectivity index (χ4v) is 2.54.